The molecule has 2 rings (SSSR count). The molecule has 1 saturated heterocycles. The van der Waals surface area contributed by atoms with Crippen LogP contribution in [0.15, 0.2) is 0 Å². The van der Waals surface area contributed by atoms with Gasteiger partial charge < -0.3 is 10.1 Å². The second-order valence-electron chi connectivity index (χ2n) is 3.74. The fraction of sp³-hybridized carbons (Fsp3) is 0.800. The van der Waals surface area contributed by atoms with Crippen molar-refractivity contribution < 1.29 is 4.74 Å². The van der Waals surface area contributed by atoms with Crippen molar-refractivity contribution in [2.75, 3.05) is 18.5 Å². The van der Waals surface area contributed by atoms with Gasteiger partial charge in [0, 0.05) is 31.1 Å². The van der Waals surface area contributed by atoms with Crippen molar-refractivity contribution in [3.05, 3.63) is 5.82 Å². The van der Waals surface area contributed by atoms with E-state index in [-0.39, 0.29) is 0 Å². The van der Waals surface area contributed by atoms with Gasteiger partial charge in [-0.25, -0.2) is 4.98 Å². The van der Waals surface area contributed by atoms with Crippen molar-refractivity contribution in [3.8, 4) is 0 Å². The van der Waals surface area contributed by atoms with Crippen LogP contribution < -0.4 is 5.32 Å². The van der Waals surface area contributed by atoms with E-state index >= 15 is 0 Å². The summed E-state index contributed by atoms with van der Waals surface area (Å²) in [5, 5.41) is 4.21. The number of anilines is 1. The number of nitrogens with zero attached hydrogens (tertiary/aromatic N) is 2. The average molecular weight is 227 g/mol. The summed E-state index contributed by atoms with van der Waals surface area (Å²) in [5.41, 5.74) is 0. The van der Waals surface area contributed by atoms with Gasteiger partial charge in [-0.1, -0.05) is 6.92 Å². The summed E-state index contributed by atoms with van der Waals surface area (Å²) in [5.74, 6) is 0.923. The van der Waals surface area contributed by atoms with Gasteiger partial charge in [-0.3, -0.25) is 0 Å². The minimum atomic E-state index is 0.354. The molecular formula is C10H17N3OS. The maximum atomic E-state index is 5.63. The number of hydrogen-bond donors (Lipinski definition) is 1. The van der Waals surface area contributed by atoms with Gasteiger partial charge in [0.15, 0.2) is 0 Å². The van der Waals surface area contributed by atoms with Gasteiger partial charge in [0.05, 0.1) is 6.10 Å². The third-order valence-electron chi connectivity index (χ3n) is 2.54. The molecule has 1 aromatic heterocycles. The van der Waals surface area contributed by atoms with E-state index in [1.54, 1.807) is 0 Å². The summed E-state index contributed by atoms with van der Waals surface area (Å²) in [6, 6.07) is 0. The smallest absolute Gasteiger partial charge is 0.202 e. The molecule has 0 aromatic carbocycles. The fourth-order valence-electron chi connectivity index (χ4n) is 1.64. The second-order valence-corrected chi connectivity index (χ2v) is 4.49. The molecule has 1 unspecified atom stereocenters. The van der Waals surface area contributed by atoms with Crippen molar-refractivity contribution in [3.63, 3.8) is 0 Å². The molecule has 1 fully saturated rings. The van der Waals surface area contributed by atoms with E-state index in [4.69, 9.17) is 4.74 Å². The van der Waals surface area contributed by atoms with Crippen LogP contribution in [-0.2, 0) is 11.2 Å². The lowest BCUT2D eigenvalue weighted by Crippen LogP contribution is -2.26. The Labute approximate surface area is 94.2 Å². The van der Waals surface area contributed by atoms with Crippen LogP contribution in [0.25, 0.3) is 0 Å². The lowest BCUT2D eigenvalue weighted by Gasteiger charge is -2.22. The van der Waals surface area contributed by atoms with E-state index in [2.05, 4.69) is 21.6 Å². The maximum Gasteiger partial charge on any atom is 0.202 e. The highest BCUT2D eigenvalue weighted by atomic mass is 32.1. The topological polar surface area (TPSA) is 47.0 Å². The molecule has 1 N–H and O–H groups in total. The monoisotopic (exact) mass is 227 g/mol. The zero-order valence-corrected chi connectivity index (χ0v) is 9.85. The molecule has 0 radical (unpaired) electrons. The van der Waals surface area contributed by atoms with Crippen LogP contribution in [0.2, 0.25) is 0 Å². The van der Waals surface area contributed by atoms with Gasteiger partial charge in [0.1, 0.15) is 5.82 Å². The van der Waals surface area contributed by atoms with E-state index in [0.29, 0.717) is 6.10 Å². The van der Waals surface area contributed by atoms with Crippen LogP contribution in [0.4, 0.5) is 5.13 Å². The Bertz CT molecular complexity index is 297. The molecule has 2 heterocycles. The van der Waals surface area contributed by atoms with Crippen LogP contribution in [0, 0.1) is 0 Å². The third kappa shape index (κ3) is 3.14. The summed E-state index contributed by atoms with van der Waals surface area (Å²) in [6.45, 7) is 3.83. The molecule has 1 aliphatic heterocycles. The van der Waals surface area contributed by atoms with Gasteiger partial charge in [-0.2, -0.15) is 4.37 Å². The first-order chi connectivity index (χ1) is 7.38. The molecule has 0 spiro atoms. The Morgan fingerprint density at radius 3 is 3.13 bits per heavy atom. The van der Waals surface area contributed by atoms with Gasteiger partial charge in [-0.05, 0) is 19.3 Å². The summed E-state index contributed by atoms with van der Waals surface area (Å²) in [4.78, 5) is 4.35. The molecular weight excluding hydrogens is 210 g/mol. The standard InChI is InChI=1S/C10H17N3OS/c1-2-9-12-10(15-13-9)11-7-8-5-3-4-6-14-8/h8H,2-7H2,1H3,(H,11,12,13). The average Bonchev–Trinajstić information content (AvgIpc) is 2.76. The SMILES string of the molecule is CCc1nsc(NCC2CCCCO2)n1. The van der Waals surface area contributed by atoms with E-state index in [0.717, 1.165) is 36.9 Å². The molecule has 0 amide bonds. The van der Waals surface area contributed by atoms with Crippen LogP contribution in [0.1, 0.15) is 32.0 Å². The Kier molecular flexibility index (Phi) is 3.91. The minimum Gasteiger partial charge on any atom is -0.376 e. The molecule has 1 atom stereocenters. The highest BCUT2D eigenvalue weighted by Crippen LogP contribution is 2.15. The predicted octanol–water partition coefficient (Wildman–Crippen LogP) is 2.08. The molecule has 1 aliphatic rings. The Balaban J connectivity index is 1.76. The number of hydrogen-bond acceptors (Lipinski definition) is 5. The summed E-state index contributed by atoms with van der Waals surface area (Å²) in [7, 11) is 0. The lowest BCUT2D eigenvalue weighted by atomic mass is 10.1. The quantitative estimate of drug-likeness (QED) is 0.855. The number of rotatable bonds is 4. The first kappa shape index (κ1) is 10.8. The maximum absolute atomic E-state index is 5.63. The summed E-state index contributed by atoms with van der Waals surface area (Å²) >= 11 is 1.43. The number of aromatic nitrogens is 2. The van der Waals surface area contributed by atoms with Gasteiger partial charge in [-0.15, -0.1) is 0 Å². The van der Waals surface area contributed by atoms with Crippen molar-refractivity contribution >= 4 is 16.7 Å². The molecule has 1 aromatic rings. The molecule has 84 valence electrons. The van der Waals surface area contributed by atoms with Crippen molar-refractivity contribution in [2.24, 2.45) is 0 Å². The van der Waals surface area contributed by atoms with E-state index in [1.807, 2.05) is 0 Å². The van der Waals surface area contributed by atoms with Crippen molar-refractivity contribution in [1.82, 2.24) is 9.36 Å². The van der Waals surface area contributed by atoms with E-state index < -0.39 is 0 Å². The van der Waals surface area contributed by atoms with Crippen molar-refractivity contribution in [2.45, 2.75) is 38.7 Å². The van der Waals surface area contributed by atoms with Crippen LogP contribution in [0.3, 0.4) is 0 Å². The highest BCUT2D eigenvalue weighted by Gasteiger charge is 2.13. The molecule has 15 heavy (non-hydrogen) atoms. The second kappa shape index (κ2) is 5.42. The molecule has 0 aliphatic carbocycles. The fourth-order valence-corrected chi connectivity index (χ4v) is 2.29. The zero-order valence-electron chi connectivity index (χ0n) is 9.03. The predicted molar refractivity (Wildman–Crippen MR) is 61.4 cm³/mol. The normalized spacial score (nSPS) is 21.5. The highest BCUT2D eigenvalue weighted by molar-refractivity contribution is 7.09. The Morgan fingerprint density at radius 2 is 2.47 bits per heavy atom. The Hall–Kier alpha value is -0.680. The lowest BCUT2D eigenvalue weighted by molar-refractivity contribution is 0.0247. The number of ether oxygens (including phenoxy) is 1. The number of aryl methyl sites for hydroxylation is 1. The van der Waals surface area contributed by atoms with Crippen LogP contribution in [-0.4, -0.2) is 28.6 Å². The number of nitrogens with one attached hydrogen (secondary N) is 1. The molecule has 0 bridgehead atoms. The molecule has 0 saturated carbocycles. The zero-order chi connectivity index (χ0) is 10.5. The largest absolute Gasteiger partial charge is 0.376 e. The van der Waals surface area contributed by atoms with Crippen LogP contribution in [0.5, 0.6) is 0 Å². The molecule has 4 nitrogen and oxygen atoms in total. The van der Waals surface area contributed by atoms with Crippen LogP contribution >= 0.6 is 11.5 Å². The van der Waals surface area contributed by atoms with E-state index in [1.165, 1.54) is 24.4 Å². The van der Waals surface area contributed by atoms with Gasteiger partial charge in [0.25, 0.3) is 0 Å². The van der Waals surface area contributed by atoms with E-state index in [9.17, 15) is 0 Å². The molecule has 5 heteroatoms. The third-order valence-corrected chi connectivity index (χ3v) is 3.25. The minimum absolute atomic E-state index is 0.354. The van der Waals surface area contributed by atoms with Gasteiger partial charge in [0.2, 0.25) is 5.13 Å². The van der Waals surface area contributed by atoms with Crippen molar-refractivity contribution in [1.29, 1.82) is 0 Å². The summed E-state index contributed by atoms with van der Waals surface area (Å²) < 4.78 is 9.85. The van der Waals surface area contributed by atoms with Gasteiger partial charge >= 0.3 is 0 Å². The summed E-state index contributed by atoms with van der Waals surface area (Å²) in [6.07, 6.45) is 4.90. The first-order valence-corrected chi connectivity index (χ1v) is 6.34. The Morgan fingerprint density at radius 1 is 1.53 bits per heavy atom. The first-order valence-electron chi connectivity index (χ1n) is 5.56.